The Morgan fingerprint density at radius 2 is 0.814 bits per heavy atom. The van der Waals surface area contributed by atoms with Gasteiger partial charge >= 0.3 is 17.9 Å². The summed E-state index contributed by atoms with van der Waals surface area (Å²) in [7, 11) is 0. The largest absolute Gasteiger partial charge is 0.477 e. The van der Waals surface area contributed by atoms with Gasteiger partial charge in [0.2, 0.25) is 15.9 Å². The van der Waals surface area contributed by atoms with Crippen LogP contribution < -0.4 is 32.3 Å². The van der Waals surface area contributed by atoms with Gasteiger partial charge in [0.05, 0.1) is 13.2 Å². The predicted octanol–water partition coefficient (Wildman–Crippen LogP) is 13.0. The Balaban J connectivity index is 0.000000192. The van der Waals surface area contributed by atoms with Crippen LogP contribution in [0.2, 0.25) is 21.0 Å². The molecule has 0 unspecified atom stereocenters. The van der Waals surface area contributed by atoms with E-state index in [-0.39, 0.29) is 74.0 Å². The number of amides is 3. The average molecular weight is 1250 g/mol. The third-order valence-electron chi connectivity index (χ3n) is 10.6. The van der Waals surface area contributed by atoms with Crippen molar-refractivity contribution in [2.45, 2.75) is 13.8 Å². The number of nitrogens with zero attached hydrogens (tertiary/aromatic N) is 6. The Morgan fingerprint density at radius 3 is 1.21 bits per heavy atom. The molecular formula is C58H45Cl4F3N12O9. The number of aromatic carboxylic acids is 1. The van der Waals surface area contributed by atoms with Gasteiger partial charge in [0.1, 0.15) is 50.9 Å². The number of nitrogen functional groups attached to an aromatic ring is 1. The number of carboxylic acid groups (broad SMARTS) is 1. The molecule has 8 N–H and O–H groups in total. The fourth-order valence-corrected chi connectivity index (χ4v) is 7.50. The summed E-state index contributed by atoms with van der Waals surface area (Å²) in [6, 6.07) is 36.2. The highest BCUT2D eigenvalue weighted by Gasteiger charge is 2.19. The van der Waals surface area contributed by atoms with Gasteiger partial charge in [0, 0.05) is 69.4 Å². The van der Waals surface area contributed by atoms with Gasteiger partial charge in [-0.05, 0) is 158 Å². The van der Waals surface area contributed by atoms with Crippen LogP contribution in [0.25, 0.3) is 0 Å². The summed E-state index contributed by atoms with van der Waals surface area (Å²) in [5, 5.41) is 22.6. The molecule has 0 radical (unpaired) electrons. The van der Waals surface area contributed by atoms with Crippen molar-refractivity contribution in [3.05, 3.63) is 236 Å². The number of hydrogen-bond acceptors (Lipinski definition) is 17. The number of carbonyl (C=O) groups excluding carboxylic acids is 5. The lowest BCUT2D eigenvalue weighted by Crippen LogP contribution is -2.13. The molecule has 0 aliphatic carbocycles. The topological polar surface area (TPSA) is 305 Å². The van der Waals surface area contributed by atoms with Crippen molar-refractivity contribution in [3.63, 3.8) is 0 Å². The van der Waals surface area contributed by atoms with Crippen molar-refractivity contribution in [1.82, 2.24) is 29.9 Å². The number of aromatic nitrogens is 6. The first kappa shape index (κ1) is 64.9. The number of benzene rings is 6. The van der Waals surface area contributed by atoms with Crippen molar-refractivity contribution in [1.29, 1.82) is 0 Å². The van der Waals surface area contributed by atoms with Crippen LogP contribution in [0.4, 0.5) is 58.9 Å². The zero-order valence-corrected chi connectivity index (χ0v) is 47.6. The molecule has 0 atom stereocenters. The summed E-state index contributed by atoms with van der Waals surface area (Å²) in [6.07, 6.45) is 3.58. The van der Waals surface area contributed by atoms with E-state index in [4.69, 9.17) is 61.6 Å². The van der Waals surface area contributed by atoms with Crippen molar-refractivity contribution < 1.29 is 56.5 Å². The van der Waals surface area contributed by atoms with Gasteiger partial charge in [-0.3, -0.25) is 14.4 Å². The Bertz CT molecular complexity index is 3930. The Labute approximate surface area is 507 Å². The van der Waals surface area contributed by atoms with E-state index in [1.807, 2.05) is 0 Å². The van der Waals surface area contributed by atoms with Gasteiger partial charge in [-0.1, -0.05) is 48.0 Å². The number of halogens is 7. The van der Waals surface area contributed by atoms with Gasteiger partial charge < -0.3 is 46.9 Å². The Hall–Kier alpha value is -10.3. The number of nitrogens with one attached hydrogen (secondary N) is 5. The lowest BCUT2D eigenvalue weighted by atomic mass is 10.1. The van der Waals surface area contributed by atoms with Crippen LogP contribution in [0, 0.1) is 17.5 Å². The van der Waals surface area contributed by atoms with E-state index in [2.05, 4.69) is 56.5 Å². The first-order chi connectivity index (χ1) is 41.2. The highest BCUT2D eigenvalue weighted by atomic mass is 35.5. The van der Waals surface area contributed by atoms with E-state index in [0.29, 0.717) is 45.3 Å². The molecule has 9 rings (SSSR count). The third-order valence-corrected chi connectivity index (χ3v) is 11.5. The van der Waals surface area contributed by atoms with Crippen LogP contribution in [0.1, 0.15) is 76.0 Å². The van der Waals surface area contributed by atoms with Crippen LogP contribution in [0.3, 0.4) is 0 Å². The molecule has 6 aromatic carbocycles. The molecule has 21 nitrogen and oxygen atoms in total. The van der Waals surface area contributed by atoms with Crippen LogP contribution in [0.5, 0.6) is 0 Å². The van der Waals surface area contributed by atoms with E-state index >= 15 is 0 Å². The lowest BCUT2D eigenvalue weighted by molar-refractivity contribution is 0.0516. The minimum Gasteiger partial charge on any atom is -0.477 e. The number of hydrogen-bond donors (Lipinski definition) is 7. The monoisotopic (exact) mass is 1250 g/mol. The molecule has 3 amide bonds. The molecule has 0 aliphatic rings. The molecule has 9 aromatic rings. The van der Waals surface area contributed by atoms with Crippen molar-refractivity contribution in [2.24, 2.45) is 0 Å². The number of carbonyl (C=O) groups is 6. The fourth-order valence-electron chi connectivity index (χ4n) is 6.85. The molecule has 440 valence electrons. The summed E-state index contributed by atoms with van der Waals surface area (Å²) in [4.78, 5) is 93.7. The zero-order chi connectivity index (χ0) is 62.3. The third kappa shape index (κ3) is 20.3. The Kier molecular flexibility index (Phi) is 24.1. The van der Waals surface area contributed by atoms with Crippen LogP contribution >= 0.6 is 46.4 Å². The van der Waals surface area contributed by atoms with Crippen molar-refractivity contribution >= 4 is 128 Å². The second-order valence-electron chi connectivity index (χ2n) is 16.8. The average Bonchev–Trinajstić information content (AvgIpc) is 3.58. The van der Waals surface area contributed by atoms with E-state index in [1.54, 1.807) is 98.8 Å². The van der Waals surface area contributed by atoms with E-state index in [0.717, 1.165) is 6.20 Å². The number of anilines is 8. The number of carboxylic acids is 1. The summed E-state index contributed by atoms with van der Waals surface area (Å²) in [6.45, 7) is 3.85. The SMILES string of the molecule is CCOC(=O)c1cnc(Cl)nc1Cl.CCOC(=O)c1cnc(Cl)nc1Nc1cccc(C(=O)Nc2cccc(F)c2)c1.Nc1cccc(C(=O)Nc2cccc(F)c2)c1.O=C(Nc1cccc(F)c1)c1cccc(Nc2nc(Cl)ncc2C(=O)O)c1. The number of ether oxygens (including phenoxy) is 2. The van der Waals surface area contributed by atoms with Gasteiger partial charge in [-0.25, -0.2) is 47.5 Å². The van der Waals surface area contributed by atoms with Crippen molar-refractivity contribution in [3.8, 4) is 0 Å². The highest BCUT2D eigenvalue weighted by molar-refractivity contribution is 6.34. The molecule has 0 saturated carbocycles. The fraction of sp³-hybridized carbons (Fsp3) is 0.0690. The van der Waals surface area contributed by atoms with Gasteiger partial charge in [0.25, 0.3) is 17.7 Å². The first-order valence-electron chi connectivity index (χ1n) is 24.8. The molecule has 0 fully saturated rings. The second-order valence-corrected chi connectivity index (χ2v) is 18.2. The maximum Gasteiger partial charge on any atom is 0.343 e. The molecule has 0 bridgehead atoms. The highest BCUT2D eigenvalue weighted by Crippen LogP contribution is 2.25. The summed E-state index contributed by atoms with van der Waals surface area (Å²) >= 11 is 22.6. The quantitative estimate of drug-likeness (QED) is 0.0217. The summed E-state index contributed by atoms with van der Waals surface area (Å²) < 4.78 is 49.1. The van der Waals surface area contributed by atoms with Crippen molar-refractivity contribution in [2.75, 3.05) is 45.5 Å². The van der Waals surface area contributed by atoms with E-state index in [9.17, 15) is 47.0 Å². The van der Waals surface area contributed by atoms with Crippen LogP contribution in [0.15, 0.2) is 164 Å². The van der Waals surface area contributed by atoms with Gasteiger partial charge in [-0.2, -0.15) is 9.97 Å². The Morgan fingerprint density at radius 1 is 0.465 bits per heavy atom. The maximum absolute atomic E-state index is 13.3. The number of rotatable bonds is 15. The lowest BCUT2D eigenvalue weighted by Gasteiger charge is -2.11. The standard InChI is InChI=1S/C20H16ClFN4O3.C18H12ClFN4O3.C13H11FN2O.C7H6Cl2N2O2/c1-2-29-19(28)16-11-23-20(21)26-17(16)24-14-7-3-5-12(9-14)18(27)25-15-8-4-6-13(22)10-15;19-18-21-9-14(17(26)27)15(24-18)22-12-5-1-3-10(7-12)16(25)23-13-6-2-4-11(20)8-13;14-10-4-2-6-12(8-10)16-13(17)9-3-1-5-11(15)7-9;1-2-13-6(12)4-3-10-7(9)11-5(4)8/h3-11H,2H2,1H3,(H,25,27)(H,23,24,26);1-9H,(H,23,25)(H,26,27)(H,21,22,24);1-8H,15H2,(H,16,17);3H,2H2,1H3. The predicted molar refractivity (Wildman–Crippen MR) is 318 cm³/mol. The number of esters is 2. The van der Waals surface area contributed by atoms with Gasteiger partial charge in [0.15, 0.2) is 0 Å². The molecule has 0 aliphatic heterocycles. The molecule has 86 heavy (non-hydrogen) atoms. The first-order valence-corrected chi connectivity index (χ1v) is 26.3. The minimum absolute atomic E-state index is 0.00144. The van der Waals surface area contributed by atoms with Gasteiger partial charge in [-0.15, -0.1) is 0 Å². The molecule has 3 aromatic heterocycles. The molecule has 0 spiro atoms. The molecular weight excluding hydrogens is 1210 g/mol. The number of nitrogens with two attached hydrogens (primary N) is 1. The molecule has 3 heterocycles. The smallest absolute Gasteiger partial charge is 0.343 e. The van der Waals surface area contributed by atoms with Crippen LogP contribution in [-0.4, -0.2) is 83.9 Å². The van der Waals surface area contributed by atoms with Crippen LogP contribution in [-0.2, 0) is 9.47 Å². The zero-order valence-electron chi connectivity index (χ0n) is 44.6. The van der Waals surface area contributed by atoms with E-state index in [1.165, 1.54) is 73.1 Å². The second kappa shape index (κ2) is 32.0. The summed E-state index contributed by atoms with van der Waals surface area (Å²) in [5.41, 5.74) is 9.13. The normalized spacial score (nSPS) is 10.2. The maximum atomic E-state index is 13.3. The van der Waals surface area contributed by atoms with E-state index < -0.39 is 47.2 Å². The summed E-state index contributed by atoms with van der Waals surface area (Å²) in [5.74, 6) is -4.76. The minimum atomic E-state index is -1.23. The molecule has 28 heteroatoms. The molecule has 0 saturated heterocycles.